The number of benzene rings is 2. The number of rotatable bonds is 7. The van der Waals surface area contributed by atoms with Gasteiger partial charge in [-0.3, -0.25) is 4.79 Å². The minimum atomic E-state index is -0.727. The third kappa shape index (κ3) is 4.15. The second-order valence-corrected chi connectivity index (χ2v) is 6.33. The fourth-order valence-electron chi connectivity index (χ4n) is 2.63. The number of carbonyl (C=O) groups excluding carboxylic acids is 1. The van der Waals surface area contributed by atoms with Crippen molar-refractivity contribution < 1.29 is 14.6 Å². The van der Waals surface area contributed by atoms with Gasteiger partial charge in [-0.15, -0.1) is 0 Å². The van der Waals surface area contributed by atoms with Crippen LogP contribution in [-0.4, -0.2) is 24.2 Å². The monoisotopic (exact) mass is 325 g/mol. The third-order valence-electron chi connectivity index (χ3n) is 4.31. The number of hydrogen-bond donors (Lipinski definition) is 2. The summed E-state index contributed by atoms with van der Waals surface area (Å²) < 4.78 is 5.77. The van der Waals surface area contributed by atoms with Crippen LogP contribution in [0.3, 0.4) is 0 Å². The number of hydrogen-bond acceptors (Lipinski definition) is 3. The molecule has 1 saturated carbocycles. The summed E-state index contributed by atoms with van der Waals surface area (Å²) in [6.07, 6.45) is 1.68. The van der Waals surface area contributed by atoms with Gasteiger partial charge in [-0.1, -0.05) is 36.4 Å². The summed E-state index contributed by atoms with van der Waals surface area (Å²) in [6.45, 7) is 2.78. The van der Waals surface area contributed by atoms with Gasteiger partial charge in [0.25, 0.3) is 5.91 Å². The highest BCUT2D eigenvalue weighted by molar-refractivity contribution is 5.96. The Balaban J connectivity index is 1.61. The first-order valence-electron chi connectivity index (χ1n) is 8.39. The first kappa shape index (κ1) is 16.5. The van der Waals surface area contributed by atoms with Crippen molar-refractivity contribution in [3.05, 3.63) is 65.2 Å². The Morgan fingerprint density at radius 1 is 1.21 bits per heavy atom. The molecule has 1 unspecified atom stereocenters. The molecule has 1 aliphatic carbocycles. The molecule has 0 bridgehead atoms. The molecular formula is C20H23NO3. The topological polar surface area (TPSA) is 58.6 Å². The molecule has 0 radical (unpaired) electrons. The molecule has 3 rings (SSSR count). The van der Waals surface area contributed by atoms with Gasteiger partial charge in [-0.25, -0.2) is 0 Å². The molecule has 0 spiro atoms. The zero-order chi connectivity index (χ0) is 16.9. The first-order chi connectivity index (χ1) is 11.6. The van der Waals surface area contributed by atoms with Crippen molar-refractivity contribution in [3.8, 4) is 5.75 Å². The summed E-state index contributed by atoms with van der Waals surface area (Å²) in [5, 5.41) is 13.1. The van der Waals surface area contributed by atoms with E-state index in [0.29, 0.717) is 23.8 Å². The van der Waals surface area contributed by atoms with Crippen LogP contribution in [-0.2, 0) is 0 Å². The van der Waals surface area contributed by atoms with Crippen molar-refractivity contribution in [3.63, 3.8) is 0 Å². The number of aryl methyl sites for hydroxylation is 1. The van der Waals surface area contributed by atoms with E-state index in [0.717, 1.165) is 11.1 Å². The molecule has 4 heteroatoms. The molecule has 1 atom stereocenters. The second kappa shape index (κ2) is 7.49. The average Bonchev–Trinajstić information content (AvgIpc) is 3.42. The zero-order valence-corrected chi connectivity index (χ0v) is 13.9. The predicted octanol–water partition coefficient (Wildman–Crippen LogP) is 3.25. The Morgan fingerprint density at radius 3 is 2.67 bits per heavy atom. The highest BCUT2D eigenvalue weighted by atomic mass is 16.5. The lowest BCUT2D eigenvalue weighted by Crippen LogP contribution is -2.29. The number of amides is 1. The Hall–Kier alpha value is -2.33. The van der Waals surface area contributed by atoms with Crippen LogP contribution in [0.25, 0.3) is 0 Å². The van der Waals surface area contributed by atoms with Crippen LogP contribution in [0.2, 0.25) is 0 Å². The van der Waals surface area contributed by atoms with Gasteiger partial charge in [-0.05, 0) is 48.9 Å². The van der Waals surface area contributed by atoms with Gasteiger partial charge < -0.3 is 15.2 Å². The van der Waals surface area contributed by atoms with Crippen molar-refractivity contribution in [1.82, 2.24) is 5.32 Å². The maximum Gasteiger partial charge on any atom is 0.255 e. The second-order valence-electron chi connectivity index (χ2n) is 6.33. The minimum absolute atomic E-state index is 0.167. The van der Waals surface area contributed by atoms with Crippen LogP contribution in [0.1, 0.15) is 40.4 Å². The van der Waals surface area contributed by atoms with E-state index in [2.05, 4.69) is 5.32 Å². The fraction of sp³-hybridized carbons (Fsp3) is 0.350. The Kier molecular flexibility index (Phi) is 5.16. The summed E-state index contributed by atoms with van der Waals surface area (Å²) in [5.41, 5.74) is 2.35. The molecule has 1 amide bonds. The Labute approximate surface area is 142 Å². The largest absolute Gasteiger partial charge is 0.492 e. The molecule has 4 nitrogen and oxygen atoms in total. The molecule has 2 aromatic rings. The van der Waals surface area contributed by atoms with Crippen LogP contribution in [0.15, 0.2) is 48.5 Å². The van der Waals surface area contributed by atoms with E-state index in [-0.39, 0.29) is 12.5 Å². The molecule has 126 valence electrons. The van der Waals surface area contributed by atoms with E-state index in [1.54, 1.807) is 6.07 Å². The van der Waals surface area contributed by atoms with Gasteiger partial charge in [0, 0.05) is 6.54 Å². The highest BCUT2D eigenvalue weighted by Gasteiger charge is 2.23. The zero-order valence-electron chi connectivity index (χ0n) is 13.9. The Bertz CT molecular complexity index is 710. The summed E-state index contributed by atoms with van der Waals surface area (Å²) in [6, 6.07) is 14.9. The van der Waals surface area contributed by atoms with Crippen LogP contribution in [0.5, 0.6) is 5.75 Å². The van der Waals surface area contributed by atoms with Crippen molar-refractivity contribution in [1.29, 1.82) is 0 Å². The van der Waals surface area contributed by atoms with Crippen molar-refractivity contribution in [2.24, 2.45) is 5.92 Å². The molecule has 0 aromatic heterocycles. The van der Waals surface area contributed by atoms with Crippen LogP contribution in [0.4, 0.5) is 0 Å². The molecule has 0 heterocycles. The summed E-state index contributed by atoms with van der Waals surface area (Å²) >= 11 is 0. The van der Waals surface area contributed by atoms with E-state index in [1.807, 2.05) is 49.4 Å². The van der Waals surface area contributed by atoms with Gasteiger partial charge in [0.2, 0.25) is 0 Å². The van der Waals surface area contributed by atoms with Crippen molar-refractivity contribution in [2.75, 3.05) is 13.2 Å². The number of aliphatic hydroxyl groups excluding tert-OH is 1. The number of para-hydroxylation sites is 1. The molecule has 0 saturated heterocycles. The number of aliphatic hydroxyl groups is 1. The summed E-state index contributed by atoms with van der Waals surface area (Å²) in [4.78, 5) is 12.4. The van der Waals surface area contributed by atoms with Crippen molar-refractivity contribution in [2.45, 2.75) is 25.9 Å². The molecule has 24 heavy (non-hydrogen) atoms. The molecular weight excluding hydrogens is 302 g/mol. The van der Waals surface area contributed by atoms with Crippen molar-refractivity contribution >= 4 is 5.91 Å². The minimum Gasteiger partial charge on any atom is -0.492 e. The normalized spacial score (nSPS) is 14.9. The third-order valence-corrected chi connectivity index (χ3v) is 4.31. The summed E-state index contributed by atoms with van der Waals surface area (Å²) in [5.74, 6) is 1.00. The molecule has 2 N–H and O–H groups in total. The lowest BCUT2D eigenvalue weighted by atomic mass is 10.0. The van der Waals surface area contributed by atoms with Gasteiger partial charge >= 0.3 is 0 Å². The smallest absolute Gasteiger partial charge is 0.255 e. The number of ether oxygens (including phenoxy) is 1. The van der Waals surface area contributed by atoms with Gasteiger partial charge in [0.1, 0.15) is 5.75 Å². The maximum absolute atomic E-state index is 12.4. The van der Waals surface area contributed by atoms with E-state index in [1.165, 1.54) is 12.8 Å². The quantitative estimate of drug-likeness (QED) is 0.821. The lowest BCUT2D eigenvalue weighted by Gasteiger charge is -2.16. The van der Waals surface area contributed by atoms with E-state index in [9.17, 15) is 9.90 Å². The Morgan fingerprint density at radius 2 is 1.92 bits per heavy atom. The van der Waals surface area contributed by atoms with Crippen LogP contribution in [0, 0.1) is 12.8 Å². The highest BCUT2D eigenvalue weighted by Crippen LogP contribution is 2.30. The van der Waals surface area contributed by atoms with Crippen LogP contribution >= 0.6 is 0 Å². The molecule has 1 aliphatic rings. The molecule has 0 aliphatic heterocycles. The first-order valence-corrected chi connectivity index (χ1v) is 8.39. The maximum atomic E-state index is 12.4. The number of carbonyl (C=O) groups is 1. The lowest BCUT2D eigenvalue weighted by molar-refractivity contribution is 0.0911. The summed E-state index contributed by atoms with van der Waals surface area (Å²) in [7, 11) is 0. The van der Waals surface area contributed by atoms with E-state index >= 15 is 0 Å². The molecule has 2 aromatic carbocycles. The van der Waals surface area contributed by atoms with E-state index in [4.69, 9.17) is 4.74 Å². The van der Waals surface area contributed by atoms with Crippen LogP contribution < -0.4 is 10.1 Å². The molecule has 1 fully saturated rings. The fourth-order valence-corrected chi connectivity index (χ4v) is 2.63. The predicted molar refractivity (Wildman–Crippen MR) is 93.1 cm³/mol. The van der Waals surface area contributed by atoms with Gasteiger partial charge in [0.15, 0.2) is 0 Å². The van der Waals surface area contributed by atoms with Gasteiger partial charge in [0.05, 0.1) is 18.3 Å². The SMILES string of the molecule is Cc1ccccc1C(O)CNC(=O)c1ccccc1OCC1CC1. The standard InChI is InChI=1S/C20H23NO3/c1-14-6-2-3-7-16(14)18(22)12-21-20(23)17-8-4-5-9-19(17)24-13-15-10-11-15/h2-9,15,18,22H,10-13H2,1H3,(H,21,23). The van der Waals surface area contributed by atoms with Gasteiger partial charge in [-0.2, -0.15) is 0 Å². The van der Waals surface area contributed by atoms with E-state index < -0.39 is 6.10 Å². The number of nitrogens with one attached hydrogen (secondary N) is 1. The average molecular weight is 325 g/mol.